The lowest BCUT2D eigenvalue weighted by atomic mass is 9.65. The second kappa shape index (κ2) is 16.4. The van der Waals surface area contributed by atoms with Crippen molar-refractivity contribution in [3.8, 4) is 0 Å². The molecule has 0 aromatic rings. The molecule has 6 rings (SSSR count). The molecule has 284 valence electrons. The Morgan fingerprint density at radius 3 is 2.32 bits per heavy atom. The maximum absolute atomic E-state index is 14.4. The Hall–Kier alpha value is -1.96. The van der Waals surface area contributed by atoms with E-state index in [1.807, 2.05) is 0 Å². The molecule has 6 aliphatic rings. The van der Waals surface area contributed by atoms with Gasteiger partial charge in [-0.05, 0) is 88.9 Å². The van der Waals surface area contributed by atoms with Crippen LogP contribution < -0.4 is 16.0 Å². The fourth-order valence-electron chi connectivity index (χ4n) is 10.4. The van der Waals surface area contributed by atoms with Crippen molar-refractivity contribution in [3.05, 3.63) is 0 Å². The number of ether oxygens (including phenoxy) is 1. The van der Waals surface area contributed by atoms with Crippen LogP contribution in [0.4, 0.5) is 13.2 Å². The van der Waals surface area contributed by atoms with E-state index in [9.17, 15) is 27.6 Å². The van der Waals surface area contributed by atoms with E-state index < -0.39 is 18.0 Å². The molecule has 2 aliphatic carbocycles. The smallest absolute Gasteiger partial charge is 0.379 e. The van der Waals surface area contributed by atoms with Crippen molar-refractivity contribution in [2.45, 2.75) is 121 Å². The van der Waals surface area contributed by atoms with E-state index >= 15 is 0 Å². The number of likely N-dealkylation sites (tertiary alicyclic amines) is 2. The third kappa shape index (κ3) is 9.15. The molecule has 10 nitrogen and oxygen atoms in total. The number of rotatable bonds is 8. The first-order chi connectivity index (χ1) is 23.9. The van der Waals surface area contributed by atoms with Gasteiger partial charge in [-0.25, -0.2) is 0 Å². The van der Waals surface area contributed by atoms with Gasteiger partial charge in [0.15, 0.2) is 0 Å². The van der Waals surface area contributed by atoms with E-state index in [1.54, 1.807) is 0 Å². The van der Waals surface area contributed by atoms with Crippen LogP contribution in [0.3, 0.4) is 0 Å². The maximum atomic E-state index is 14.4. The van der Waals surface area contributed by atoms with Crippen molar-refractivity contribution < 1.29 is 32.3 Å². The first-order valence-electron chi connectivity index (χ1n) is 19.6. The number of carbonyl (C=O) groups is 3. The Balaban J connectivity index is 1.10. The number of nitrogens with one attached hydrogen (secondary N) is 3. The molecule has 6 fully saturated rings. The third-order valence-electron chi connectivity index (χ3n) is 13.3. The van der Waals surface area contributed by atoms with Crippen LogP contribution >= 0.6 is 0 Å². The van der Waals surface area contributed by atoms with Crippen LogP contribution in [-0.4, -0.2) is 128 Å². The minimum Gasteiger partial charge on any atom is -0.379 e. The molecule has 3 amide bonds. The molecule has 0 radical (unpaired) electrons. The average Bonchev–Trinajstić information content (AvgIpc) is 3.08. The van der Waals surface area contributed by atoms with Crippen LogP contribution in [-0.2, 0) is 19.1 Å². The number of hydrogen-bond donors (Lipinski definition) is 3. The zero-order valence-corrected chi connectivity index (χ0v) is 30.4. The standard InChI is InChI=1S/C37H61F3N6O4/c1-23-4-5-30(43-35(48)26-17-28(37(38,39)40)20-31(18-26)45-8-6-29(7-9-45)42-25(3)47)21-32(23)33-19-27-22-41-24(2)16-34(27)46(36(33)49)11-10-44-12-14-50-15-13-44/h23-24,26-34,41H,4-22H2,1-3H3,(H,42,47)(H,43,48). The summed E-state index contributed by atoms with van der Waals surface area (Å²) in [6.07, 6.45) is 1.49. The van der Waals surface area contributed by atoms with Gasteiger partial charge in [-0.15, -0.1) is 0 Å². The first-order valence-corrected chi connectivity index (χ1v) is 19.6. The van der Waals surface area contributed by atoms with Crippen molar-refractivity contribution in [1.82, 2.24) is 30.7 Å². The lowest BCUT2D eigenvalue weighted by Crippen LogP contribution is -2.62. The normalized spacial score (nSPS) is 38.4. The maximum Gasteiger partial charge on any atom is 0.391 e. The molecule has 4 heterocycles. The fourth-order valence-corrected chi connectivity index (χ4v) is 10.4. The van der Waals surface area contributed by atoms with Gasteiger partial charge in [-0.2, -0.15) is 13.2 Å². The summed E-state index contributed by atoms with van der Waals surface area (Å²) in [5, 5.41) is 9.83. The Kier molecular flexibility index (Phi) is 12.4. The summed E-state index contributed by atoms with van der Waals surface area (Å²) in [6, 6.07) is 0.197. The van der Waals surface area contributed by atoms with Gasteiger partial charge in [0.25, 0.3) is 0 Å². The second-order valence-corrected chi connectivity index (χ2v) is 16.7. The van der Waals surface area contributed by atoms with E-state index in [0.29, 0.717) is 56.7 Å². The number of amides is 3. The molecule has 50 heavy (non-hydrogen) atoms. The topological polar surface area (TPSA) is 106 Å². The van der Waals surface area contributed by atoms with Crippen molar-refractivity contribution in [1.29, 1.82) is 0 Å². The number of carbonyl (C=O) groups excluding carboxylic acids is 3. The summed E-state index contributed by atoms with van der Waals surface area (Å²) in [5.41, 5.74) is 0. The number of alkyl halides is 3. The highest BCUT2D eigenvalue weighted by molar-refractivity contribution is 5.81. The van der Waals surface area contributed by atoms with Crippen LogP contribution in [0.5, 0.6) is 0 Å². The Morgan fingerprint density at radius 1 is 0.880 bits per heavy atom. The van der Waals surface area contributed by atoms with Crippen molar-refractivity contribution in [2.75, 3.05) is 59.0 Å². The van der Waals surface area contributed by atoms with Crippen molar-refractivity contribution in [3.63, 3.8) is 0 Å². The highest BCUT2D eigenvalue weighted by atomic mass is 19.4. The molecule has 3 N–H and O–H groups in total. The van der Waals surface area contributed by atoms with Gasteiger partial charge in [0.05, 0.1) is 19.1 Å². The molecule has 0 spiro atoms. The van der Waals surface area contributed by atoms with Gasteiger partial charge in [-0.3, -0.25) is 19.3 Å². The number of hydrogen-bond acceptors (Lipinski definition) is 7. The molecule has 13 heteroatoms. The van der Waals surface area contributed by atoms with Gasteiger partial charge in [0.1, 0.15) is 0 Å². The average molecular weight is 711 g/mol. The first kappa shape index (κ1) is 37.8. The van der Waals surface area contributed by atoms with Crippen LogP contribution in [0.2, 0.25) is 0 Å². The van der Waals surface area contributed by atoms with Crippen molar-refractivity contribution in [2.24, 2.45) is 35.5 Å². The van der Waals surface area contributed by atoms with Gasteiger partial charge in [-0.1, -0.05) is 6.92 Å². The van der Waals surface area contributed by atoms with Crippen LogP contribution in [0.25, 0.3) is 0 Å². The van der Waals surface area contributed by atoms with Crippen LogP contribution in [0, 0.1) is 35.5 Å². The van der Waals surface area contributed by atoms with Crippen molar-refractivity contribution >= 4 is 17.7 Å². The van der Waals surface area contributed by atoms with E-state index in [-0.39, 0.29) is 66.6 Å². The predicted octanol–water partition coefficient (Wildman–Crippen LogP) is 3.40. The molecule has 2 saturated carbocycles. The quantitative estimate of drug-likeness (QED) is 0.355. The number of halogens is 3. The lowest BCUT2D eigenvalue weighted by Gasteiger charge is -2.52. The van der Waals surface area contributed by atoms with Gasteiger partial charge in [0.2, 0.25) is 17.7 Å². The Morgan fingerprint density at radius 2 is 1.62 bits per heavy atom. The third-order valence-corrected chi connectivity index (χ3v) is 13.3. The Labute approximate surface area is 296 Å². The summed E-state index contributed by atoms with van der Waals surface area (Å²) in [4.78, 5) is 46.5. The van der Waals surface area contributed by atoms with E-state index in [2.05, 4.69) is 44.5 Å². The molecular formula is C37H61F3N6O4. The van der Waals surface area contributed by atoms with Gasteiger partial charge >= 0.3 is 6.18 Å². The molecule has 4 aliphatic heterocycles. The SMILES string of the molecule is CC(=O)NC1CCN(C2CC(C(=O)NC3CCC(C)C(C4CC5CNC(C)CC5N(CCN5CCOCC5)C4=O)C3)CC(C(F)(F)F)C2)CC1. The molecule has 10 unspecified atom stereocenters. The number of fused-ring (bicyclic) bond motifs is 1. The molecule has 0 bridgehead atoms. The highest BCUT2D eigenvalue weighted by Crippen LogP contribution is 2.45. The highest BCUT2D eigenvalue weighted by Gasteiger charge is 2.50. The van der Waals surface area contributed by atoms with Gasteiger partial charge in [0, 0.05) is 94.8 Å². The summed E-state index contributed by atoms with van der Waals surface area (Å²) >= 11 is 0. The molecule has 4 saturated heterocycles. The minimum absolute atomic E-state index is 0.0166. The Bertz CT molecular complexity index is 1180. The molecule has 0 aromatic carbocycles. The monoisotopic (exact) mass is 710 g/mol. The summed E-state index contributed by atoms with van der Waals surface area (Å²) in [5.74, 6) is -1.57. The summed E-state index contributed by atoms with van der Waals surface area (Å²) < 4.78 is 48.2. The van der Waals surface area contributed by atoms with E-state index in [4.69, 9.17) is 4.74 Å². The van der Waals surface area contributed by atoms with Gasteiger partial charge < -0.3 is 30.5 Å². The number of morpholine rings is 1. The van der Waals surface area contributed by atoms with E-state index in [1.165, 1.54) is 6.92 Å². The lowest BCUT2D eigenvalue weighted by molar-refractivity contribution is -0.192. The number of piperidine rings is 3. The minimum atomic E-state index is -4.35. The van der Waals surface area contributed by atoms with Crippen LogP contribution in [0.1, 0.15) is 85.0 Å². The molecule has 0 aromatic heterocycles. The second-order valence-electron chi connectivity index (χ2n) is 16.7. The predicted molar refractivity (Wildman–Crippen MR) is 184 cm³/mol. The summed E-state index contributed by atoms with van der Waals surface area (Å²) in [7, 11) is 0. The summed E-state index contributed by atoms with van der Waals surface area (Å²) in [6.45, 7) is 12.9. The molecule has 10 atom stereocenters. The zero-order chi connectivity index (χ0) is 35.6. The number of nitrogens with zero attached hydrogens (tertiary/aromatic N) is 3. The largest absolute Gasteiger partial charge is 0.391 e. The van der Waals surface area contributed by atoms with Crippen LogP contribution in [0.15, 0.2) is 0 Å². The zero-order valence-electron chi connectivity index (χ0n) is 30.4. The molecular weight excluding hydrogens is 649 g/mol. The van der Waals surface area contributed by atoms with E-state index in [0.717, 1.165) is 71.6 Å². The fraction of sp³-hybridized carbons (Fsp3) is 0.919.